The minimum Gasteiger partial charge on any atom is -0.337 e. The van der Waals surface area contributed by atoms with Crippen molar-refractivity contribution < 1.29 is 4.79 Å². The van der Waals surface area contributed by atoms with Gasteiger partial charge in [0.25, 0.3) is 0 Å². The van der Waals surface area contributed by atoms with Crippen LogP contribution in [0, 0.1) is 0 Å². The predicted molar refractivity (Wildman–Crippen MR) is 120 cm³/mol. The Morgan fingerprint density at radius 2 is 2.14 bits per heavy atom. The highest BCUT2D eigenvalue weighted by molar-refractivity contribution is 8.00. The number of carbonyl (C=O) groups excluding carboxylic acids is 1. The van der Waals surface area contributed by atoms with Crippen molar-refractivity contribution in [3.63, 3.8) is 0 Å². The van der Waals surface area contributed by atoms with Crippen molar-refractivity contribution in [3.8, 4) is 0 Å². The molecule has 0 fully saturated rings. The molecule has 0 bridgehead atoms. The van der Waals surface area contributed by atoms with E-state index >= 15 is 0 Å². The predicted octanol–water partition coefficient (Wildman–Crippen LogP) is 4.22. The Labute approximate surface area is 182 Å². The summed E-state index contributed by atoms with van der Waals surface area (Å²) in [7, 11) is 4.17. The van der Waals surface area contributed by atoms with E-state index in [0.717, 1.165) is 56.3 Å². The average molecular weight is 436 g/mol. The van der Waals surface area contributed by atoms with E-state index in [1.54, 1.807) is 23.1 Å². The zero-order valence-electron chi connectivity index (χ0n) is 18.2. The molecule has 0 N–H and O–H groups in total. The Kier molecular flexibility index (Phi) is 7.76. The number of hydrogen-bond donors (Lipinski definition) is 0. The lowest BCUT2D eigenvalue weighted by molar-refractivity contribution is -0.131. The van der Waals surface area contributed by atoms with E-state index in [9.17, 15) is 4.79 Å². The van der Waals surface area contributed by atoms with Crippen LogP contribution in [0.3, 0.4) is 0 Å². The molecule has 3 rings (SSSR count). The van der Waals surface area contributed by atoms with E-state index in [-0.39, 0.29) is 17.2 Å². The van der Waals surface area contributed by atoms with Crippen LogP contribution in [0.2, 0.25) is 0 Å². The van der Waals surface area contributed by atoms with Crippen LogP contribution in [-0.4, -0.2) is 56.4 Å². The summed E-state index contributed by atoms with van der Waals surface area (Å²) < 4.78 is 2.24. The zero-order valence-corrected chi connectivity index (χ0v) is 19.9. The molecular formula is C21H33N5OS2. The molecule has 29 heavy (non-hydrogen) atoms. The van der Waals surface area contributed by atoms with Crippen molar-refractivity contribution in [2.24, 2.45) is 0 Å². The molecular weight excluding hydrogens is 402 g/mol. The van der Waals surface area contributed by atoms with Crippen molar-refractivity contribution in [3.05, 3.63) is 27.7 Å². The van der Waals surface area contributed by atoms with Gasteiger partial charge in [0, 0.05) is 24.5 Å². The number of carbonyl (C=O) groups is 1. The quantitative estimate of drug-likeness (QED) is 0.552. The average Bonchev–Trinajstić information content (AvgIpc) is 3.32. The third-order valence-corrected chi connectivity index (χ3v) is 7.63. The van der Waals surface area contributed by atoms with Gasteiger partial charge < -0.3 is 9.47 Å². The van der Waals surface area contributed by atoms with E-state index in [0.29, 0.717) is 0 Å². The Morgan fingerprint density at radius 1 is 1.34 bits per heavy atom. The lowest BCUT2D eigenvalue weighted by Gasteiger charge is -2.29. The maximum atomic E-state index is 13.1. The van der Waals surface area contributed by atoms with E-state index in [1.807, 2.05) is 11.8 Å². The lowest BCUT2D eigenvalue weighted by Crippen LogP contribution is -2.39. The number of aromatic nitrogens is 3. The van der Waals surface area contributed by atoms with Crippen LogP contribution in [0.4, 0.5) is 0 Å². The molecule has 160 valence electrons. The summed E-state index contributed by atoms with van der Waals surface area (Å²) in [6.07, 6.45) is 4.14. The fraction of sp³-hybridized carbons (Fsp3) is 0.667. The molecule has 1 aliphatic heterocycles. The van der Waals surface area contributed by atoms with Crippen LogP contribution in [0.1, 0.15) is 62.3 Å². The minimum atomic E-state index is -0.174. The van der Waals surface area contributed by atoms with Gasteiger partial charge in [0.1, 0.15) is 0 Å². The normalized spacial score (nSPS) is 16.1. The zero-order chi connectivity index (χ0) is 21.0. The first-order valence-corrected chi connectivity index (χ1v) is 12.3. The lowest BCUT2D eigenvalue weighted by atomic mass is 10.1. The monoisotopic (exact) mass is 435 g/mol. The number of nitrogens with zero attached hydrogens (tertiary/aromatic N) is 5. The topological polar surface area (TPSA) is 54.3 Å². The van der Waals surface area contributed by atoms with Crippen molar-refractivity contribution in [2.45, 2.75) is 76.0 Å². The molecule has 6 nitrogen and oxygen atoms in total. The highest BCUT2D eigenvalue weighted by atomic mass is 32.2. The van der Waals surface area contributed by atoms with E-state index in [2.05, 4.69) is 59.1 Å². The van der Waals surface area contributed by atoms with Gasteiger partial charge in [-0.1, -0.05) is 32.0 Å². The van der Waals surface area contributed by atoms with Crippen LogP contribution < -0.4 is 0 Å². The number of thioether (sulfide) groups is 1. The summed E-state index contributed by atoms with van der Waals surface area (Å²) in [6.45, 7) is 8.81. The van der Waals surface area contributed by atoms with Crippen molar-refractivity contribution in [2.75, 3.05) is 20.6 Å². The molecule has 8 heteroatoms. The van der Waals surface area contributed by atoms with Crippen LogP contribution in [0.15, 0.2) is 16.6 Å². The Bertz CT molecular complexity index is 816. The molecule has 3 heterocycles. The second kappa shape index (κ2) is 10.1. The second-order valence-corrected chi connectivity index (χ2v) is 10.2. The van der Waals surface area contributed by atoms with Gasteiger partial charge in [-0.05, 0) is 57.3 Å². The standard InChI is InChI=1S/C21H33N5OS2/c1-6-8-11-26-19(17(7-2)24(4)5)22-23-21(26)29-15(3)20(27)25-12-9-18-16(14-25)10-13-28-18/h10,13,15,17H,6-9,11-12,14H2,1-5H3. The van der Waals surface area contributed by atoms with Crippen molar-refractivity contribution in [1.82, 2.24) is 24.6 Å². The summed E-state index contributed by atoms with van der Waals surface area (Å²) in [6, 6.07) is 2.38. The molecule has 2 aromatic rings. The molecule has 2 atom stereocenters. The van der Waals surface area contributed by atoms with Gasteiger partial charge in [0.15, 0.2) is 11.0 Å². The minimum absolute atomic E-state index is 0.174. The molecule has 0 saturated heterocycles. The van der Waals surface area contributed by atoms with E-state index in [4.69, 9.17) is 0 Å². The van der Waals surface area contributed by atoms with Crippen molar-refractivity contribution in [1.29, 1.82) is 0 Å². The van der Waals surface area contributed by atoms with Gasteiger partial charge in [-0.3, -0.25) is 9.69 Å². The largest absolute Gasteiger partial charge is 0.337 e. The number of unbranched alkanes of at least 4 members (excludes halogenated alkanes) is 1. The number of fused-ring (bicyclic) bond motifs is 1. The summed E-state index contributed by atoms with van der Waals surface area (Å²) in [5, 5.41) is 11.8. The number of rotatable bonds is 9. The molecule has 2 aromatic heterocycles. The molecule has 0 spiro atoms. The molecule has 0 aromatic carbocycles. The molecule has 0 radical (unpaired) electrons. The molecule has 0 saturated carbocycles. The maximum Gasteiger partial charge on any atom is 0.236 e. The summed E-state index contributed by atoms with van der Waals surface area (Å²) in [5.74, 6) is 1.20. The second-order valence-electron chi connectivity index (χ2n) is 7.87. The van der Waals surface area contributed by atoms with Gasteiger partial charge in [-0.25, -0.2) is 0 Å². The number of thiophene rings is 1. The molecule has 0 aliphatic carbocycles. The van der Waals surface area contributed by atoms with Gasteiger partial charge in [-0.2, -0.15) is 0 Å². The summed E-state index contributed by atoms with van der Waals surface area (Å²) in [4.78, 5) is 18.7. The van der Waals surface area contributed by atoms with E-state index in [1.165, 1.54) is 10.4 Å². The maximum absolute atomic E-state index is 13.1. The van der Waals surface area contributed by atoms with Crippen LogP contribution in [-0.2, 0) is 24.3 Å². The Balaban J connectivity index is 1.74. The summed E-state index contributed by atoms with van der Waals surface area (Å²) >= 11 is 3.35. The Morgan fingerprint density at radius 3 is 2.83 bits per heavy atom. The van der Waals surface area contributed by atoms with Crippen molar-refractivity contribution >= 4 is 29.0 Å². The first kappa shape index (κ1) is 22.3. The third kappa shape index (κ3) is 5.03. The first-order chi connectivity index (χ1) is 14.0. The first-order valence-electron chi connectivity index (χ1n) is 10.6. The fourth-order valence-corrected chi connectivity index (χ4v) is 5.70. The smallest absolute Gasteiger partial charge is 0.236 e. The van der Waals surface area contributed by atoms with Gasteiger partial charge in [0.2, 0.25) is 5.91 Å². The number of hydrogen-bond acceptors (Lipinski definition) is 6. The molecule has 1 amide bonds. The molecule has 2 unspecified atom stereocenters. The van der Waals surface area contributed by atoms with Gasteiger partial charge >= 0.3 is 0 Å². The fourth-order valence-electron chi connectivity index (χ4n) is 3.84. The number of amides is 1. The highest BCUT2D eigenvalue weighted by Crippen LogP contribution is 2.30. The molecule has 1 aliphatic rings. The SMILES string of the molecule is CCCCn1c(SC(C)C(=O)N2CCc3sccc3C2)nnc1C(CC)N(C)C. The Hall–Kier alpha value is -1.38. The summed E-state index contributed by atoms with van der Waals surface area (Å²) in [5.41, 5.74) is 1.30. The van der Waals surface area contributed by atoms with Gasteiger partial charge in [-0.15, -0.1) is 21.5 Å². The third-order valence-electron chi connectivity index (χ3n) is 5.54. The van der Waals surface area contributed by atoms with E-state index < -0.39 is 0 Å². The van der Waals surface area contributed by atoms with Crippen LogP contribution in [0.5, 0.6) is 0 Å². The van der Waals surface area contributed by atoms with Crippen LogP contribution >= 0.6 is 23.1 Å². The van der Waals surface area contributed by atoms with Crippen LogP contribution in [0.25, 0.3) is 0 Å². The highest BCUT2D eigenvalue weighted by Gasteiger charge is 2.28. The van der Waals surface area contributed by atoms with Gasteiger partial charge in [0.05, 0.1) is 11.3 Å².